The van der Waals surface area contributed by atoms with Gasteiger partial charge in [0.15, 0.2) is 0 Å². The molecule has 5 heteroatoms. The third-order valence-corrected chi connectivity index (χ3v) is 3.48. The Labute approximate surface area is 125 Å². The van der Waals surface area contributed by atoms with Crippen LogP contribution >= 0.6 is 0 Å². The van der Waals surface area contributed by atoms with Gasteiger partial charge < -0.3 is 5.32 Å². The van der Waals surface area contributed by atoms with E-state index in [1.54, 1.807) is 12.4 Å². The van der Waals surface area contributed by atoms with E-state index >= 15 is 0 Å². The average molecular weight is 290 g/mol. The van der Waals surface area contributed by atoms with Gasteiger partial charge in [0.2, 0.25) is 0 Å². The molecular formula is C16H23FN4. The number of benzene rings is 1. The standard InChI is InChI=1S/C16H23FN4/c1-4-18-14(9-13-7-5-6-8-15(13)17)10-16-19-11-20-21(16)12(2)3/h5-8,11-12,14,18H,4,9-10H2,1-3H3. The topological polar surface area (TPSA) is 42.7 Å². The van der Waals surface area contributed by atoms with Gasteiger partial charge in [-0.2, -0.15) is 5.10 Å². The molecule has 114 valence electrons. The summed E-state index contributed by atoms with van der Waals surface area (Å²) in [5.41, 5.74) is 0.735. The summed E-state index contributed by atoms with van der Waals surface area (Å²) in [7, 11) is 0. The predicted molar refractivity (Wildman–Crippen MR) is 81.7 cm³/mol. The zero-order valence-electron chi connectivity index (χ0n) is 12.9. The zero-order chi connectivity index (χ0) is 15.2. The number of hydrogen-bond acceptors (Lipinski definition) is 3. The van der Waals surface area contributed by atoms with Crippen molar-refractivity contribution in [2.75, 3.05) is 6.54 Å². The lowest BCUT2D eigenvalue weighted by molar-refractivity contribution is 0.454. The third kappa shape index (κ3) is 4.11. The van der Waals surface area contributed by atoms with Crippen LogP contribution in [-0.2, 0) is 12.8 Å². The molecule has 0 amide bonds. The lowest BCUT2D eigenvalue weighted by Gasteiger charge is -2.19. The Morgan fingerprint density at radius 3 is 2.67 bits per heavy atom. The van der Waals surface area contributed by atoms with E-state index in [9.17, 15) is 4.39 Å². The molecule has 0 fully saturated rings. The maximum atomic E-state index is 13.8. The fraction of sp³-hybridized carbons (Fsp3) is 0.500. The van der Waals surface area contributed by atoms with Crippen LogP contribution in [0.1, 0.15) is 38.2 Å². The monoisotopic (exact) mass is 290 g/mol. The van der Waals surface area contributed by atoms with Gasteiger partial charge in [-0.25, -0.2) is 14.1 Å². The summed E-state index contributed by atoms with van der Waals surface area (Å²) >= 11 is 0. The van der Waals surface area contributed by atoms with Crippen LogP contribution in [0.15, 0.2) is 30.6 Å². The Morgan fingerprint density at radius 1 is 1.24 bits per heavy atom. The number of hydrogen-bond donors (Lipinski definition) is 1. The number of halogens is 1. The van der Waals surface area contributed by atoms with E-state index in [1.807, 2.05) is 16.8 Å². The number of likely N-dealkylation sites (N-methyl/N-ethyl adjacent to an activating group) is 1. The predicted octanol–water partition coefficient (Wildman–Crippen LogP) is 2.76. The average Bonchev–Trinajstić information content (AvgIpc) is 2.90. The van der Waals surface area contributed by atoms with Crippen molar-refractivity contribution in [1.82, 2.24) is 20.1 Å². The lowest BCUT2D eigenvalue weighted by atomic mass is 10.0. The summed E-state index contributed by atoms with van der Waals surface area (Å²) in [6.45, 7) is 7.06. The van der Waals surface area contributed by atoms with Crippen molar-refractivity contribution in [1.29, 1.82) is 0 Å². The molecule has 1 unspecified atom stereocenters. The zero-order valence-corrected chi connectivity index (χ0v) is 12.9. The van der Waals surface area contributed by atoms with Crippen LogP contribution in [0.4, 0.5) is 4.39 Å². The Morgan fingerprint density at radius 2 is 2.00 bits per heavy atom. The summed E-state index contributed by atoms with van der Waals surface area (Å²) in [5, 5.41) is 7.67. The van der Waals surface area contributed by atoms with Crippen LogP contribution in [0, 0.1) is 5.82 Å². The Bertz CT molecular complexity index is 565. The lowest BCUT2D eigenvalue weighted by Crippen LogP contribution is -2.34. The molecule has 0 radical (unpaired) electrons. The van der Waals surface area contributed by atoms with Crippen LogP contribution in [0.5, 0.6) is 0 Å². The van der Waals surface area contributed by atoms with Crippen molar-refractivity contribution in [3.05, 3.63) is 47.8 Å². The Hall–Kier alpha value is -1.75. The molecule has 0 saturated carbocycles. The molecule has 2 rings (SSSR count). The van der Waals surface area contributed by atoms with Gasteiger partial charge in [0.1, 0.15) is 18.0 Å². The number of aromatic nitrogens is 3. The number of nitrogens with one attached hydrogen (secondary N) is 1. The van der Waals surface area contributed by atoms with Gasteiger partial charge in [0.25, 0.3) is 0 Å². The molecule has 0 aliphatic heterocycles. The van der Waals surface area contributed by atoms with Gasteiger partial charge in [-0.3, -0.25) is 0 Å². The molecule has 4 nitrogen and oxygen atoms in total. The summed E-state index contributed by atoms with van der Waals surface area (Å²) in [6, 6.07) is 7.36. The van der Waals surface area contributed by atoms with Crippen molar-refractivity contribution in [3.63, 3.8) is 0 Å². The second-order valence-corrected chi connectivity index (χ2v) is 5.47. The van der Waals surface area contributed by atoms with E-state index in [-0.39, 0.29) is 17.9 Å². The highest BCUT2D eigenvalue weighted by Crippen LogP contribution is 2.13. The normalized spacial score (nSPS) is 12.8. The minimum atomic E-state index is -0.147. The molecule has 1 aromatic carbocycles. The molecule has 0 spiro atoms. The van der Waals surface area contributed by atoms with Crippen molar-refractivity contribution < 1.29 is 4.39 Å². The first-order valence-corrected chi connectivity index (χ1v) is 7.47. The van der Waals surface area contributed by atoms with Crippen molar-refractivity contribution in [2.24, 2.45) is 0 Å². The number of nitrogens with zero attached hydrogens (tertiary/aromatic N) is 3. The van der Waals surface area contributed by atoms with E-state index in [2.05, 4.69) is 36.2 Å². The van der Waals surface area contributed by atoms with E-state index < -0.39 is 0 Å². The maximum absolute atomic E-state index is 13.8. The third-order valence-electron chi connectivity index (χ3n) is 3.48. The van der Waals surface area contributed by atoms with Gasteiger partial charge in [-0.15, -0.1) is 0 Å². The number of rotatable bonds is 7. The summed E-state index contributed by atoms with van der Waals surface area (Å²) in [4.78, 5) is 4.34. The molecule has 0 aliphatic rings. The SMILES string of the molecule is CCNC(Cc1ccccc1F)Cc1ncnn1C(C)C. The molecule has 0 aliphatic carbocycles. The quantitative estimate of drug-likeness (QED) is 0.852. The van der Waals surface area contributed by atoms with Gasteiger partial charge in [0.05, 0.1) is 0 Å². The molecule has 21 heavy (non-hydrogen) atoms. The van der Waals surface area contributed by atoms with Crippen molar-refractivity contribution in [2.45, 2.75) is 45.7 Å². The molecule has 1 heterocycles. The van der Waals surface area contributed by atoms with Crippen LogP contribution in [0.25, 0.3) is 0 Å². The van der Waals surface area contributed by atoms with Crippen LogP contribution < -0.4 is 5.32 Å². The van der Waals surface area contributed by atoms with Gasteiger partial charge in [-0.1, -0.05) is 25.1 Å². The van der Waals surface area contributed by atoms with Crippen LogP contribution in [0.3, 0.4) is 0 Å². The maximum Gasteiger partial charge on any atom is 0.138 e. The highest BCUT2D eigenvalue weighted by Gasteiger charge is 2.16. The molecular weight excluding hydrogens is 267 g/mol. The molecule has 2 aromatic rings. The largest absolute Gasteiger partial charge is 0.313 e. The molecule has 0 bridgehead atoms. The highest BCUT2D eigenvalue weighted by atomic mass is 19.1. The van der Waals surface area contributed by atoms with Gasteiger partial charge >= 0.3 is 0 Å². The second kappa shape index (κ2) is 7.31. The highest BCUT2D eigenvalue weighted by molar-refractivity contribution is 5.18. The second-order valence-electron chi connectivity index (χ2n) is 5.47. The first-order chi connectivity index (χ1) is 10.1. The minimum Gasteiger partial charge on any atom is -0.313 e. The van der Waals surface area contributed by atoms with Crippen LogP contribution in [0.2, 0.25) is 0 Å². The molecule has 0 saturated heterocycles. The first-order valence-electron chi connectivity index (χ1n) is 7.47. The van der Waals surface area contributed by atoms with E-state index in [4.69, 9.17) is 0 Å². The summed E-state index contributed by atoms with van der Waals surface area (Å²) < 4.78 is 15.7. The van der Waals surface area contributed by atoms with E-state index in [0.717, 1.165) is 24.4 Å². The summed E-state index contributed by atoms with van der Waals surface area (Å²) in [5.74, 6) is 0.790. The fourth-order valence-electron chi connectivity index (χ4n) is 2.51. The fourth-order valence-corrected chi connectivity index (χ4v) is 2.51. The summed E-state index contributed by atoms with van der Waals surface area (Å²) in [6.07, 6.45) is 2.97. The molecule has 1 atom stereocenters. The van der Waals surface area contributed by atoms with E-state index in [1.165, 1.54) is 6.07 Å². The minimum absolute atomic E-state index is 0.147. The van der Waals surface area contributed by atoms with E-state index in [0.29, 0.717) is 6.42 Å². The van der Waals surface area contributed by atoms with Gasteiger partial charge in [0, 0.05) is 18.5 Å². The van der Waals surface area contributed by atoms with Crippen molar-refractivity contribution >= 4 is 0 Å². The molecule has 1 N–H and O–H groups in total. The molecule has 1 aromatic heterocycles. The van der Waals surface area contributed by atoms with Gasteiger partial charge in [-0.05, 0) is 38.4 Å². The van der Waals surface area contributed by atoms with Crippen molar-refractivity contribution in [3.8, 4) is 0 Å². The Balaban J connectivity index is 2.12. The van der Waals surface area contributed by atoms with Crippen LogP contribution in [-0.4, -0.2) is 27.4 Å². The first kappa shape index (κ1) is 15.6. The smallest absolute Gasteiger partial charge is 0.138 e. The Kier molecular flexibility index (Phi) is 5.44.